The molecule has 1 unspecified atom stereocenters. The van der Waals surface area contributed by atoms with Crippen LogP contribution in [-0.2, 0) is 23.2 Å². The van der Waals surface area contributed by atoms with Crippen LogP contribution >= 0.6 is 0 Å². The number of imidazole rings is 1. The zero-order valence-electron chi connectivity index (χ0n) is 18.1. The third kappa shape index (κ3) is 3.36. The van der Waals surface area contributed by atoms with Crippen LogP contribution in [0.1, 0.15) is 78.3 Å². The van der Waals surface area contributed by atoms with Gasteiger partial charge < -0.3 is 9.47 Å². The first kappa shape index (κ1) is 20.0. The Morgan fingerprint density at radius 3 is 2.58 bits per heavy atom. The van der Waals surface area contributed by atoms with Crippen LogP contribution in [0.15, 0.2) is 18.2 Å². The van der Waals surface area contributed by atoms with Crippen LogP contribution in [0.5, 0.6) is 0 Å². The van der Waals surface area contributed by atoms with E-state index < -0.39 is 6.04 Å². The number of nitrogens with one attached hydrogen (secondary N) is 1. The summed E-state index contributed by atoms with van der Waals surface area (Å²) in [5.74, 6) is 0.730. The second-order valence-electron chi connectivity index (χ2n) is 9.06. The van der Waals surface area contributed by atoms with Crippen molar-refractivity contribution in [3.8, 4) is 11.3 Å². The first-order chi connectivity index (χ1) is 14.9. The largest absolute Gasteiger partial charge is 0.334 e. The number of hydrogen-bond donors (Lipinski definition) is 1. The summed E-state index contributed by atoms with van der Waals surface area (Å²) < 4.78 is 2.22. The number of fused-ring (bicyclic) bond motifs is 1. The van der Waals surface area contributed by atoms with Gasteiger partial charge in [0.1, 0.15) is 11.9 Å². The van der Waals surface area contributed by atoms with Crippen molar-refractivity contribution in [2.24, 2.45) is 7.05 Å². The lowest BCUT2D eigenvalue weighted by molar-refractivity contribution is -0.136. The highest BCUT2D eigenvalue weighted by Crippen LogP contribution is 2.39. The summed E-state index contributed by atoms with van der Waals surface area (Å²) >= 11 is 0. The third-order valence-electron chi connectivity index (χ3n) is 7.15. The van der Waals surface area contributed by atoms with Crippen molar-refractivity contribution < 1.29 is 14.4 Å². The molecule has 7 nitrogen and oxygen atoms in total. The van der Waals surface area contributed by atoms with Crippen molar-refractivity contribution in [2.45, 2.75) is 70.4 Å². The minimum Gasteiger partial charge on any atom is -0.334 e. The number of benzene rings is 1. The Kier molecular flexibility index (Phi) is 4.91. The molecule has 2 aliphatic heterocycles. The van der Waals surface area contributed by atoms with E-state index in [1.807, 2.05) is 19.1 Å². The standard InChI is InChI=1S/C24H28N4O3/c1-14-25-21(22(27(14)2)15-6-4-3-5-7-15)16-8-9-18-17(12-16)13-28(24(18)31)19-10-11-20(29)26-23(19)30/h8-9,12,15,19H,3-7,10-11,13H2,1-2H3,(H,26,29,30). The number of imide groups is 1. The molecule has 7 heteroatoms. The molecule has 31 heavy (non-hydrogen) atoms. The van der Waals surface area contributed by atoms with Crippen molar-refractivity contribution in [1.82, 2.24) is 19.8 Å². The van der Waals surface area contributed by atoms with Crippen LogP contribution in [-0.4, -0.2) is 38.2 Å². The molecule has 162 valence electrons. The van der Waals surface area contributed by atoms with Gasteiger partial charge in [-0.1, -0.05) is 25.3 Å². The van der Waals surface area contributed by atoms with Crippen LogP contribution in [0.2, 0.25) is 0 Å². The predicted molar refractivity (Wildman–Crippen MR) is 115 cm³/mol. The SMILES string of the molecule is Cc1nc(-c2ccc3c(c2)CN(C2CCC(=O)NC2=O)C3=O)c(C2CCCCC2)n1C. The minimum absolute atomic E-state index is 0.138. The van der Waals surface area contributed by atoms with E-state index in [0.29, 0.717) is 24.4 Å². The normalized spacial score (nSPS) is 22.1. The van der Waals surface area contributed by atoms with Gasteiger partial charge in [-0.15, -0.1) is 0 Å². The Hall–Kier alpha value is -2.96. The summed E-state index contributed by atoms with van der Waals surface area (Å²) in [6, 6.07) is 5.33. The molecule has 3 heterocycles. The van der Waals surface area contributed by atoms with Gasteiger partial charge in [-0.05, 0) is 43.9 Å². The van der Waals surface area contributed by atoms with Crippen LogP contribution < -0.4 is 5.32 Å². The van der Waals surface area contributed by atoms with Crippen LogP contribution in [0.25, 0.3) is 11.3 Å². The van der Waals surface area contributed by atoms with Gasteiger partial charge >= 0.3 is 0 Å². The Bertz CT molecular complexity index is 1080. The van der Waals surface area contributed by atoms with Gasteiger partial charge in [0.15, 0.2) is 0 Å². The van der Waals surface area contributed by atoms with Crippen LogP contribution in [0, 0.1) is 6.92 Å². The number of hydrogen-bond acceptors (Lipinski definition) is 4. The number of aryl methyl sites for hydroxylation is 1. The van der Waals surface area contributed by atoms with Crippen molar-refractivity contribution in [3.63, 3.8) is 0 Å². The third-order valence-corrected chi connectivity index (χ3v) is 7.15. The summed E-state index contributed by atoms with van der Waals surface area (Å²) in [6.45, 7) is 2.43. The Balaban J connectivity index is 1.47. The Morgan fingerprint density at radius 2 is 1.84 bits per heavy atom. The fourth-order valence-corrected chi connectivity index (χ4v) is 5.40. The van der Waals surface area contributed by atoms with E-state index >= 15 is 0 Å². The number of nitrogens with zero attached hydrogens (tertiary/aromatic N) is 3. The quantitative estimate of drug-likeness (QED) is 0.773. The summed E-state index contributed by atoms with van der Waals surface area (Å²) in [5.41, 5.74) is 4.90. The van der Waals surface area contributed by atoms with Crippen molar-refractivity contribution in [2.75, 3.05) is 0 Å². The summed E-state index contributed by atoms with van der Waals surface area (Å²) in [7, 11) is 2.09. The molecule has 1 saturated heterocycles. The molecule has 0 bridgehead atoms. The Morgan fingerprint density at radius 1 is 1.06 bits per heavy atom. The van der Waals surface area contributed by atoms with Crippen LogP contribution in [0.4, 0.5) is 0 Å². The fourth-order valence-electron chi connectivity index (χ4n) is 5.40. The monoisotopic (exact) mass is 420 g/mol. The highest BCUT2D eigenvalue weighted by molar-refractivity contribution is 6.05. The van der Waals surface area contributed by atoms with Gasteiger partial charge in [-0.2, -0.15) is 0 Å². The smallest absolute Gasteiger partial charge is 0.255 e. The van der Waals surface area contributed by atoms with E-state index in [1.165, 1.54) is 37.8 Å². The Labute approximate surface area is 181 Å². The highest BCUT2D eigenvalue weighted by atomic mass is 16.2. The van der Waals surface area contributed by atoms with Gasteiger partial charge in [-0.3, -0.25) is 19.7 Å². The van der Waals surface area contributed by atoms with Gasteiger partial charge in [0, 0.05) is 42.8 Å². The lowest BCUT2D eigenvalue weighted by Crippen LogP contribution is -2.52. The topological polar surface area (TPSA) is 84.3 Å². The second kappa shape index (κ2) is 7.62. The van der Waals surface area contributed by atoms with Crippen molar-refractivity contribution >= 4 is 17.7 Å². The van der Waals surface area contributed by atoms with E-state index in [0.717, 1.165) is 22.6 Å². The summed E-state index contributed by atoms with van der Waals surface area (Å²) in [5, 5.41) is 2.36. The summed E-state index contributed by atoms with van der Waals surface area (Å²) in [4.78, 5) is 43.3. The number of aromatic nitrogens is 2. The molecule has 1 N–H and O–H groups in total. The number of amides is 3. The van der Waals surface area contributed by atoms with E-state index in [-0.39, 0.29) is 24.1 Å². The molecule has 0 spiro atoms. The highest BCUT2D eigenvalue weighted by Gasteiger charge is 2.39. The average Bonchev–Trinajstić information content (AvgIpc) is 3.25. The molecule has 1 aromatic heterocycles. The number of carbonyl (C=O) groups is 3. The summed E-state index contributed by atoms with van der Waals surface area (Å²) in [6.07, 6.45) is 6.85. The maximum absolute atomic E-state index is 13.0. The molecule has 1 aromatic carbocycles. The molecule has 1 atom stereocenters. The van der Waals surface area contributed by atoms with E-state index in [1.54, 1.807) is 4.90 Å². The van der Waals surface area contributed by atoms with Gasteiger partial charge in [0.2, 0.25) is 11.8 Å². The molecule has 5 rings (SSSR count). The molecular formula is C24H28N4O3. The fraction of sp³-hybridized carbons (Fsp3) is 0.500. The van der Waals surface area contributed by atoms with Crippen molar-refractivity contribution in [3.05, 3.63) is 40.8 Å². The number of rotatable bonds is 3. The van der Waals surface area contributed by atoms with Gasteiger partial charge in [0.25, 0.3) is 5.91 Å². The lowest BCUT2D eigenvalue weighted by Gasteiger charge is -2.29. The molecule has 3 aliphatic rings. The number of carbonyl (C=O) groups excluding carboxylic acids is 3. The zero-order chi connectivity index (χ0) is 21.7. The first-order valence-corrected chi connectivity index (χ1v) is 11.2. The molecule has 0 radical (unpaired) electrons. The molecule has 2 fully saturated rings. The first-order valence-electron chi connectivity index (χ1n) is 11.2. The molecule has 1 aliphatic carbocycles. The maximum Gasteiger partial charge on any atom is 0.255 e. The molecule has 3 amide bonds. The van der Waals surface area contributed by atoms with Crippen LogP contribution in [0.3, 0.4) is 0 Å². The predicted octanol–water partition coefficient (Wildman–Crippen LogP) is 3.20. The molecule has 2 aromatic rings. The second-order valence-corrected chi connectivity index (χ2v) is 9.06. The minimum atomic E-state index is -0.587. The van der Waals surface area contributed by atoms with Gasteiger partial charge in [-0.25, -0.2) is 4.98 Å². The molecular weight excluding hydrogens is 392 g/mol. The average molecular weight is 421 g/mol. The maximum atomic E-state index is 13.0. The van der Waals surface area contributed by atoms with Gasteiger partial charge in [0.05, 0.1) is 5.69 Å². The number of piperidine rings is 1. The zero-order valence-corrected chi connectivity index (χ0v) is 18.1. The van der Waals surface area contributed by atoms with E-state index in [9.17, 15) is 14.4 Å². The van der Waals surface area contributed by atoms with Crippen molar-refractivity contribution in [1.29, 1.82) is 0 Å². The lowest BCUT2D eigenvalue weighted by atomic mass is 9.85. The molecule has 1 saturated carbocycles. The van der Waals surface area contributed by atoms with E-state index in [2.05, 4.69) is 23.0 Å². The van der Waals surface area contributed by atoms with E-state index in [4.69, 9.17) is 4.98 Å².